The Morgan fingerprint density at radius 3 is 2.55 bits per heavy atom. The lowest BCUT2D eigenvalue weighted by Crippen LogP contribution is -2.47. The highest BCUT2D eigenvalue weighted by Gasteiger charge is 2.21. The Bertz CT molecular complexity index is 358. The van der Waals surface area contributed by atoms with Crippen LogP contribution in [-0.4, -0.2) is 51.8 Å². The first-order valence-corrected chi connectivity index (χ1v) is 7.64. The topological polar surface area (TPSA) is 116 Å². The molecular weight excluding hydrogens is 284 g/mol. The third kappa shape index (κ3) is 6.65. The number of urea groups is 1. The van der Waals surface area contributed by atoms with Gasteiger partial charge in [0, 0.05) is 18.2 Å². The summed E-state index contributed by atoms with van der Waals surface area (Å²) in [6.07, 6.45) is 2.97. The van der Waals surface area contributed by atoms with E-state index in [1.54, 1.807) is 0 Å². The summed E-state index contributed by atoms with van der Waals surface area (Å²) in [6.45, 7) is 0.502. The van der Waals surface area contributed by atoms with E-state index in [0.717, 1.165) is 18.6 Å². The number of amides is 2. The fourth-order valence-corrected chi connectivity index (χ4v) is 3.15. The number of hydrogen-bond acceptors (Lipinski definition) is 4. The molecule has 0 spiro atoms. The van der Waals surface area contributed by atoms with E-state index in [-0.39, 0.29) is 12.8 Å². The lowest BCUT2D eigenvalue weighted by Gasteiger charge is -2.22. The van der Waals surface area contributed by atoms with Crippen molar-refractivity contribution in [1.29, 1.82) is 0 Å². The highest BCUT2D eigenvalue weighted by atomic mass is 32.2. The largest absolute Gasteiger partial charge is 0.481 e. The molecule has 1 rings (SSSR count). The first-order valence-electron chi connectivity index (χ1n) is 6.59. The number of rotatable bonds is 7. The van der Waals surface area contributed by atoms with Crippen LogP contribution in [0.2, 0.25) is 0 Å². The molecule has 4 N–H and O–H groups in total. The number of carboxylic acids is 2. The third-order valence-corrected chi connectivity index (χ3v) is 4.41. The van der Waals surface area contributed by atoms with Crippen molar-refractivity contribution >= 4 is 29.7 Å². The molecule has 2 amide bonds. The van der Waals surface area contributed by atoms with Crippen LogP contribution in [0, 0.1) is 0 Å². The summed E-state index contributed by atoms with van der Waals surface area (Å²) in [6, 6.07) is -1.74. The summed E-state index contributed by atoms with van der Waals surface area (Å²) in [5.41, 5.74) is 0. The van der Waals surface area contributed by atoms with E-state index in [9.17, 15) is 14.4 Å². The molecule has 114 valence electrons. The molecule has 0 aromatic heterocycles. The Labute approximate surface area is 121 Å². The molecule has 0 aromatic rings. The molecule has 2 atom stereocenters. The van der Waals surface area contributed by atoms with Crippen molar-refractivity contribution in [3.8, 4) is 0 Å². The molecule has 2 unspecified atom stereocenters. The van der Waals surface area contributed by atoms with Crippen LogP contribution in [0.15, 0.2) is 0 Å². The average molecular weight is 304 g/mol. The minimum Gasteiger partial charge on any atom is -0.481 e. The van der Waals surface area contributed by atoms with Crippen LogP contribution in [0.3, 0.4) is 0 Å². The van der Waals surface area contributed by atoms with Crippen LogP contribution in [0.25, 0.3) is 0 Å². The summed E-state index contributed by atoms with van der Waals surface area (Å²) < 4.78 is 0. The Morgan fingerprint density at radius 2 is 2.00 bits per heavy atom. The van der Waals surface area contributed by atoms with Crippen molar-refractivity contribution in [2.45, 2.75) is 43.4 Å². The maximum atomic E-state index is 11.6. The Balaban J connectivity index is 2.29. The van der Waals surface area contributed by atoms with E-state index in [0.29, 0.717) is 11.8 Å². The van der Waals surface area contributed by atoms with E-state index in [1.807, 2.05) is 11.8 Å². The van der Waals surface area contributed by atoms with E-state index in [4.69, 9.17) is 10.2 Å². The summed E-state index contributed by atoms with van der Waals surface area (Å²) in [7, 11) is 0. The Hall–Kier alpha value is -1.44. The molecule has 1 fully saturated rings. The number of aliphatic carboxylic acids is 2. The van der Waals surface area contributed by atoms with Gasteiger partial charge in [0.05, 0.1) is 0 Å². The van der Waals surface area contributed by atoms with Gasteiger partial charge in [0.15, 0.2) is 0 Å². The van der Waals surface area contributed by atoms with E-state index in [2.05, 4.69) is 10.6 Å². The Kier molecular flexibility index (Phi) is 7.21. The predicted molar refractivity (Wildman–Crippen MR) is 74.9 cm³/mol. The predicted octanol–water partition coefficient (Wildman–Crippen LogP) is 0.889. The van der Waals surface area contributed by atoms with Crippen LogP contribution in [0.4, 0.5) is 4.79 Å². The van der Waals surface area contributed by atoms with Crippen molar-refractivity contribution in [3.05, 3.63) is 0 Å². The monoisotopic (exact) mass is 304 g/mol. The molecule has 0 aromatic carbocycles. The minimum absolute atomic E-state index is 0.129. The number of nitrogens with one attached hydrogen (secondary N) is 2. The molecular formula is C12H20N2O5S. The van der Waals surface area contributed by atoms with Gasteiger partial charge in [-0.2, -0.15) is 11.8 Å². The number of thioether (sulfide) groups is 1. The fraction of sp³-hybridized carbons (Fsp3) is 0.750. The van der Waals surface area contributed by atoms with Crippen molar-refractivity contribution < 1.29 is 24.6 Å². The SMILES string of the molecule is O=C(O)CCC(NC(=O)NCC1CCCCS1)C(=O)O. The van der Waals surface area contributed by atoms with Crippen molar-refractivity contribution in [2.75, 3.05) is 12.3 Å². The normalized spacial score (nSPS) is 19.9. The summed E-state index contributed by atoms with van der Waals surface area (Å²) in [4.78, 5) is 32.9. The molecule has 0 saturated carbocycles. The second-order valence-electron chi connectivity index (χ2n) is 4.67. The van der Waals surface area contributed by atoms with Gasteiger partial charge < -0.3 is 20.8 Å². The second kappa shape index (κ2) is 8.68. The summed E-state index contributed by atoms with van der Waals surface area (Å²) >= 11 is 1.81. The van der Waals surface area contributed by atoms with Gasteiger partial charge in [0.1, 0.15) is 6.04 Å². The molecule has 1 saturated heterocycles. The van der Waals surface area contributed by atoms with E-state index >= 15 is 0 Å². The molecule has 7 nitrogen and oxygen atoms in total. The van der Waals surface area contributed by atoms with Gasteiger partial charge in [-0.3, -0.25) is 4.79 Å². The molecule has 20 heavy (non-hydrogen) atoms. The zero-order valence-corrected chi connectivity index (χ0v) is 11.9. The summed E-state index contributed by atoms with van der Waals surface area (Å²) in [5.74, 6) is -1.23. The van der Waals surface area contributed by atoms with Gasteiger partial charge in [0.2, 0.25) is 0 Å². The number of carbonyl (C=O) groups is 3. The van der Waals surface area contributed by atoms with E-state index in [1.165, 1.54) is 6.42 Å². The summed E-state index contributed by atoms with van der Waals surface area (Å²) in [5, 5.41) is 22.7. The minimum atomic E-state index is -1.23. The maximum absolute atomic E-state index is 11.6. The fourth-order valence-electron chi connectivity index (χ4n) is 1.91. The van der Waals surface area contributed by atoms with Crippen LogP contribution >= 0.6 is 11.8 Å². The quantitative estimate of drug-likeness (QED) is 0.555. The molecule has 1 heterocycles. The van der Waals surface area contributed by atoms with Gasteiger partial charge in [-0.25, -0.2) is 9.59 Å². The van der Waals surface area contributed by atoms with Crippen molar-refractivity contribution in [1.82, 2.24) is 10.6 Å². The lowest BCUT2D eigenvalue weighted by atomic mass is 10.1. The Morgan fingerprint density at radius 1 is 1.25 bits per heavy atom. The lowest BCUT2D eigenvalue weighted by molar-refractivity contribution is -0.140. The molecule has 0 aliphatic carbocycles. The maximum Gasteiger partial charge on any atom is 0.326 e. The highest BCUT2D eigenvalue weighted by molar-refractivity contribution is 7.99. The van der Waals surface area contributed by atoms with Crippen LogP contribution in [0.1, 0.15) is 32.1 Å². The van der Waals surface area contributed by atoms with Crippen molar-refractivity contribution in [2.24, 2.45) is 0 Å². The van der Waals surface area contributed by atoms with Gasteiger partial charge in [0.25, 0.3) is 0 Å². The van der Waals surface area contributed by atoms with Crippen LogP contribution in [0.5, 0.6) is 0 Å². The van der Waals surface area contributed by atoms with Gasteiger partial charge in [-0.15, -0.1) is 0 Å². The molecule has 1 aliphatic heterocycles. The average Bonchev–Trinajstić information content (AvgIpc) is 2.41. The zero-order chi connectivity index (χ0) is 15.0. The standard InChI is InChI=1S/C12H20N2O5S/c15-10(16)5-4-9(11(17)18)14-12(19)13-7-8-3-1-2-6-20-8/h8-9H,1-7H2,(H,15,16)(H,17,18)(H2,13,14,19). The number of carbonyl (C=O) groups excluding carboxylic acids is 1. The zero-order valence-electron chi connectivity index (χ0n) is 11.1. The third-order valence-electron chi connectivity index (χ3n) is 3.01. The smallest absolute Gasteiger partial charge is 0.326 e. The molecule has 0 radical (unpaired) electrons. The van der Waals surface area contributed by atoms with Gasteiger partial charge in [-0.05, 0) is 25.0 Å². The second-order valence-corrected chi connectivity index (χ2v) is 6.07. The first-order chi connectivity index (χ1) is 9.49. The van der Waals surface area contributed by atoms with E-state index < -0.39 is 24.0 Å². The van der Waals surface area contributed by atoms with Gasteiger partial charge >= 0.3 is 18.0 Å². The van der Waals surface area contributed by atoms with Crippen molar-refractivity contribution in [3.63, 3.8) is 0 Å². The number of carboxylic acid groups (broad SMARTS) is 2. The highest BCUT2D eigenvalue weighted by Crippen LogP contribution is 2.24. The number of hydrogen-bond donors (Lipinski definition) is 4. The van der Waals surface area contributed by atoms with Crippen LogP contribution in [-0.2, 0) is 9.59 Å². The molecule has 1 aliphatic rings. The first kappa shape index (κ1) is 16.6. The van der Waals surface area contributed by atoms with Gasteiger partial charge in [-0.1, -0.05) is 6.42 Å². The molecule has 0 bridgehead atoms. The molecule has 8 heteroatoms. The van der Waals surface area contributed by atoms with Crippen LogP contribution < -0.4 is 10.6 Å².